The molecule has 0 aromatic heterocycles. The fourth-order valence-electron chi connectivity index (χ4n) is 2.55. The van der Waals surface area contributed by atoms with Gasteiger partial charge in [-0.1, -0.05) is 36.4 Å². The van der Waals surface area contributed by atoms with Gasteiger partial charge < -0.3 is 15.8 Å². The summed E-state index contributed by atoms with van der Waals surface area (Å²) in [6.07, 6.45) is -1.09. The Labute approximate surface area is 154 Å². The summed E-state index contributed by atoms with van der Waals surface area (Å²) in [4.78, 5) is 34.2. The first-order valence-corrected chi connectivity index (χ1v) is 7.93. The summed E-state index contributed by atoms with van der Waals surface area (Å²) in [7, 11) is 1.35. The number of halogens is 1. The highest BCUT2D eigenvalue weighted by Crippen LogP contribution is 2.20. The molecule has 27 heavy (non-hydrogen) atoms. The van der Waals surface area contributed by atoms with E-state index in [-0.39, 0.29) is 12.0 Å². The minimum Gasteiger partial charge on any atom is -0.368 e. The van der Waals surface area contributed by atoms with Gasteiger partial charge in [0, 0.05) is 19.6 Å². The molecule has 8 nitrogen and oxygen atoms in total. The van der Waals surface area contributed by atoms with Gasteiger partial charge in [0.25, 0.3) is 5.91 Å². The van der Waals surface area contributed by atoms with Crippen LogP contribution in [0.2, 0.25) is 0 Å². The second-order valence-electron chi connectivity index (χ2n) is 5.74. The topological polar surface area (TPSA) is 125 Å². The van der Waals surface area contributed by atoms with Crippen molar-refractivity contribution in [3.63, 3.8) is 0 Å². The fourth-order valence-corrected chi connectivity index (χ4v) is 2.55. The van der Waals surface area contributed by atoms with Crippen LogP contribution >= 0.6 is 0 Å². The van der Waals surface area contributed by atoms with Gasteiger partial charge in [0.15, 0.2) is 6.10 Å². The summed E-state index contributed by atoms with van der Waals surface area (Å²) < 4.78 is 18.6. The molecular formula is C18H18FN3O5. The standard InChI is InChI=1S/C18H18FN3O5/c1-27-16(12-5-3-2-4-6-12)18(24)21-14(17(20)23)9-11-7-8-13(19)15(10-11)22(25)26/h2-8,10,14,16H,9H2,1H3,(H2,20,23)(H,21,24)/t14-,16-/m0/s1. The van der Waals surface area contributed by atoms with Crippen LogP contribution in [0.5, 0.6) is 0 Å². The number of nitro groups is 1. The van der Waals surface area contributed by atoms with Crippen LogP contribution < -0.4 is 11.1 Å². The van der Waals surface area contributed by atoms with Gasteiger partial charge in [0.1, 0.15) is 6.04 Å². The summed E-state index contributed by atoms with van der Waals surface area (Å²) >= 11 is 0. The maximum absolute atomic E-state index is 13.4. The van der Waals surface area contributed by atoms with E-state index in [0.29, 0.717) is 5.56 Å². The van der Waals surface area contributed by atoms with Gasteiger partial charge in [-0.3, -0.25) is 19.7 Å². The Hall–Kier alpha value is -3.33. The number of hydrogen-bond acceptors (Lipinski definition) is 5. The SMILES string of the molecule is CO[C@H](C(=O)N[C@@H](Cc1ccc(F)c([N+](=O)[O-])c1)C(N)=O)c1ccccc1. The number of primary amides is 1. The number of carbonyl (C=O) groups excluding carboxylic acids is 2. The lowest BCUT2D eigenvalue weighted by Crippen LogP contribution is -2.47. The average Bonchev–Trinajstić information content (AvgIpc) is 2.63. The molecule has 0 aliphatic heterocycles. The zero-order chi connectivity index (χ0) is 20.0. The van der Waals surface area contributed by atoms with Crippen LogP contribution in [0.25, 0.3) is 0 Å². The summed E-state index contributed by atoms with van der Waals surface area (Å²) in [5.74, 6) is -2.42. The van der Waals surface area contributed by atoms with E-state index in [0.717, 1.165) is 12.1 Å². The zero-order valence-electron chi connectivity index (χ0n) is 14.4. The van der Waals surface area contributed by atoms with E-state index >= 15 is 0 Å². The van der Waals surface area contributed by atoms with Crippen molar-refractivity contribution in [3.05, 3.63) is 75.6 Å². The third-order valence-corrected chi connectivity index (χ3v) is 3.88. The molecule has 3 N–H and O–H groups in total. The minimum absolute atomic E-state index is 0.132. The molecule has 2 aromatic rings. The van der Waals surface area contributed by atoms with Crippen molar-refractivity contribution in [2.24, 2.45) is 5.73 Å². The molecule has 0 fully saturated rings. The Balaban J connectivity index is 2.18. The number of hydrogen-bond donors (Lipinski definition) is 2. The van der Waals surface area contributed by atoms with Gasteiger partial charge in [-0.05, 0) is 17.2 Å². The highest BCUT2D eigenvalue weighted by Gasteiger charge is 2.26. The first-order valence-electron chi connectivity index (χ1n) is 7.93. The van der Waals surface area contributed by atoms with E-state index in [4.69, 9.17) is 10.5 Å². The summed E-state index contributed by atoms with van der Waals surface area (Å²) in [6, 6.07) is 10.7. The molecular weight excluding hydrogens is 357 g/mol. The van der Waals surface area contributed by atoms with E-state index < -0.39 is 40.4 Å². The number of nitrogens with two attached hydrogens (primary N) is 1. The van der Waals surface area contributed by atoms with Crippen molar-refractivity contribution in [3.8, 4) is 0 Å². The molecule has 2 atom stereocenters. The number of nitrogens with one attached hydrogen (secondary N) is 1. The molecule has 0 saturated carbocycles. The molecule has 0 spiro atoms. The van der Waals surface area contributed by atoms with E-state index in [2.05, 4.69) is 5.32 Å². The maximum Gasteiger partial charge on any atom is 0.305 e. The van der Waals surface area contributed by atoms with Gasteiger partial charge >= 0.3 is 5.69 Å². The monoisotopic (exact) mass is 375 g/mol. The smallest absolute Gasteiger partial charge is 0.305 e. The summed E-state index contributed by atoms with van der Waals surface area (Å²) in [6.45, 7) is 0. The van der Waals surface area contributed by atoms with Gasteiger partial charge in [0.2, 0.25) is 11.7 Å². The van der Waals surface area contributed by atoms with Gasteiger partial charge in [-0.25, -0.2) is 0 Å². The second-order valence-corrected chi connectivity index (χ2v) is 5.74. The number of nitrogens with zero attached hydrogens (tertiary/aromatic N) is 1. The number of benzene rings is 2. The number of amides is 2. The van der Waals surface area contributed by atoms with E-state index in [1.165, 1.54) is 13.2 Å². The van der Waals surface area contributed by atoms with Crippen LogP contribution in [0.15, 0.2) is 48.5 Å². The minimum atomic E-state index is -1.15. The second kappa shape index (κ2) is 8.86. The molecule has 142 valence electrons. The lowest BCUT2D eigenvalue weighted by molar-refractivity contribution is -0.387. The first-order chi connectivity index (χ1) is 12.8. The molecule has 0 unspecified atom stereocenters. The van der Waals surface area contributed by atoms with Crippen molar-refractivity contribution in [1.82, 2.24) is 5.32 Å². The molecule has 0 aliphatic rings. The van der Waals surface area contributed by atoms with Crippen molar-refractivity contribution < 1.29 is 23.6 Å². The Kier molecular flexibility index (Phi) is 6.56. The molecule has 0 radical (unpaired) electrons. The Bertz CT molecular complexity index is 844. The molecule has 0 bridgehead atoms. The van der Waals surface area contributed by atoms with Crippen molar-refractivity contribution >= 4 is 17.5 Å². The van der Waals surface area contributed by atoms with E-state index in [1.807, 2.05) is 0 Å². The third-order valence-electron chi connectivity index (χ3n) is 3.88. The normalized spacial score (nSPS) is 12.8. The zero-order valence-corrected chi connectivity index (χ0v) is 14.4. The number of methoxy groups -OCH3 is 1. The third kappa shape index (κ3) is 5.08. The maximum atomic E-state index is 13.4. The Morgan fingerprint density at radius 2 is 1.93 bits per heavy atom. The highest BCUT2D eigenvalue weighted by atomic mass is 19.1. The van der Waals surface area contributed by atoms with Gasteiger partial charge in [0.05, 0.1) is 4.92 Å². The fraction of sp³-hybridized carbons (Fsp3) is 0.222. The van der Waals surface area contributed by atoms with Crippen LogP contribution in [-0.2, 0) is 20.7 Å². The molecule has 2 rings (SSSR count). The number of ether oxygens (including phenoxy) is 1. The highest BCUT2D eigenvalue weighted by molar-refractivity contribution is 5.89. The number of nitro benzene ring substituents is 1. The molecule has 2 amide bonds. The Morgan fingerprint density at radius 1 is 1.26 bits per heavy atom. The number of carbonyl (C=O) groups is 2. The van der Waals surface area contributed by atoms with Crippen molar-refractivity contribution in [2.45, 2.75) is 18.6 Å². The van der Waals surface area contributed by atoms with Crippen LogP contribution in [0, 0.1) is 15.9 Å². The number of rotatable bonds is 8. The predicted molar refractivity (Wildman–Crippen MR) is 94.1 cm³/mol. The van der Waals surface area contributed by atoms with E-state index in [9.17, 15) is 24.1 Å². The lowest BCUT2D eigenvalue weighted by atomic mass is 10.0. The van der Waals surface area contributed by atoms with Crippen LogP contribution in [-0.4, -0.2) is 29.9 Å². The van der Waals surface area contributed by atoms with Crippen LogP contribution in [0.3, 0.4) is 0 Å². The molecule has 2 aromatic carbocycles. The lowest BCUT2D eigenvalue weighted by Gasteiger charge is -2.20. The van der Waals surface area contributed by atoms with Crippen LogP contribution in [0.4, 0.5) is 10.1 Å². The largest absolute Gasteiger partial charge is 0.368 e. The summed E-state index contributed by atoms with van der Waals surface area (Å²) in [5, 5.41) is 13.3. The van der Waals surface area contributed by atoms with Gasteiger partial charge in [-0.2, -0.15) is 4.39 Å². The molecule has 0 aliphatic carbocycles. The molecule has 9 heteroatoms. The molecule has 0 saturated heterocycles. The molecule has 0 heterocycles. The van der Waals surface area contributed by atoms with Gasteiger partial charge in [-0.15, -0.1) is 0 Å². The van der Waals surface area contributed by atoms with E-state index in [1.54, 1.807) is 30.3 Å². The quantitative estimate of drug-likeness (QED) is 0.536. The van der Waals surface area contributed by atoms with Crippen molar-refractivity contribution in [2.75, 3.05) is 7.11 Å². The Morgan fingerprint density at radius 3 is 2.48 bits per heavy atom. The summed E-state index contributed by atoms with van der Waals surface area (Å²) in [5.41, 5.74) is 5.48. The first kappa shape index (κ1) is 20.0. The predicted octanol–water partition coefficient (Wildman–Crippen LogP) is 1.63. The van der Waals surface area contributed by atoms with Crippen LogP contribution in [0.1, 0.15) is 17.2 Å². The average molecular weight is 375 g/mol. The van der Waals surface area contributed by atoms with Crippen molar-refractivity contribution in [1.29, 1.82) is 0 Å².